The SMILES string of the molecule is CCCCCCC/C=C\C/C=C\CCCCCCCCCCCCCCCCCC(=O)OC(COC(=O)CCCCCCCCCC)COC(OCC[N+](C)(C)C)C(=O)[O-]. The molecule has 9 heteroatoms. The van der Waals surface area contributed by atoms with Crippen molar-refractivity contribution in [2.24, 2.45) is 0 Å². The molecule has 60 heavy (non-hydrogen) atoms. The number of ether oxygens (including phenoxy) is 4. The number of hydrogen-bond acceptors (Lipinski definition) is 8. The van der Waals surface area contributed by atoms with Crippen LogP contribution in [-0.4, -0.2) is 82.3 Å². The van der Waals surface area contributed by atoms with Gasteiger partial charge < -0.3 is 33.3 Å². The molecule has 0 aliphatic rings. The van der Waals surface area contributed by atoms with E-state index in [1.807, 2.05) is 21.1 Å². The van der Waals surface area contributed by atoms with E-state index in [9.17, 15) is 19.5 Å². The van der Waals surface area contributed by atoms with E-state index in [-0.39, 0.29) is 32.2 Å². The van der Waals surface area contributed by atoms with Crippen LogP contribution in [-0.2, 0) is 33.3 Å². The van der Waals surface area contributed by atoms with E-state index in [0.29, 0.717) is 23.9 Å². The molecule has 9 nitrogen and oxygen atoms in total. The van der Waals surface area contributed by atoms with Crippen molar-refractivity contribution in [2.45, 2.75) is 238 Å². The van der Waals surface area contributed by atoms with Gasteiger partial charge in [-0.05, 0) is 44.9 Å². The van der Waals surface area contributed by atoms with Gasteiger partial charge in [0, 0.05) is 12.8 Å². The predicted molar refractivity (Wildman–Crippen MR) is 246 cm³/mol. The molecule has 0 fully saturated rings. The smallest absolute Gasteiger partial charge is 0.306 e. The third kappa shape index (κ3) is 43.8. The highest BCUT2D eigenvalue weighted by molar-refractivity contribution is 5.70. The second-order valence-corrected chi connectivity index (χ2v) is 18.1. The predicted octanol–water partition coefficient (Wildman–Crippen LogP) is 12.3. The normalized spacial score (nSPS) is 13.0. The Labute approximate surface area is 369 Å². The second kappa shape index (κ2) is 43.4. The lowest BCUT2D eigenvalue weighted by Gasteiger charge is -2.26. The van der Waals surface area contributed by atoms with Gasteiger partial charge in [0.25, 0.3) is 0 Å². The molecule has 352 valence electrons. The van der Waals surface area contributed by atoms with Crippen LogP contribution < -0.4 is 5.11 Å². The van der Waals surface area contributed by atoms with Crippen LogP contribution in [0.5, 0.6) is 0 Å². The number of esters is 2. The Kier molecular flexibility index (Phi) is 41.8. The zero-order chi connectivity index (χ0) is 44.2. The highest BCUT2D eigenvalue weighted by Gasteiger charge is 2.22. The molecule has 2 atom stereocenters. The van der Waals surface area contributed by atoms with Gasteiger partial charge in [0.1, 0.15) is 13.2 Å². The summed E-state index contributed by atoms with van der Waals surface area (Å²) < 4.78 is 22.5. The Balaban J connectivity index is 4.12. The summed E-state index contributed by atoms with van der Waals surface area (Å²) in [5, 5.41) is 11.7. The molecule has 0 rings (SSSR count). The molecule has 0 saturated heterocycles. The fourth-order valence-corrected chi connectivity index (χ4v) is 7.04. The van der Waals surface area contributed by atoms with Gasteiger partial charge in [0.05, 0.1) is 40.3 Å². The quantitative estimate of drug-likeness (QED) is 0.0196. The maximum atomic E-state index is 12.8. The molecule has 0 bridgehead atoms. The summed E-state index contributed by atoms with van der Waals surface area (Å²) in [7, 11) is 5.91. The molecule has 0 N–H and O–H groups in total. The molecular weight excluding hydrogens is 755 g/mol. The first kappa shape index (κ1) is 57.8. The minimum Gasteiger partial charge on any atom is -0.545 e. The van der Waals surface area contributed by atoms with E-state index in [4.69, 9.17) is 18.9 Å². The van der Waals surface area contributed by atoms with Gasteiger partial charge in [-0.2, -0.15) is 0 Å². The number of quaternary nitrogens is 1. The number of likely N-dealkylation sites (N-methyl/N-ethyl adjacent to an activating group) is 1. The molecule has 0 spiro atoms. The molecule has 0 radical (unpaired) electrons. The van der Waals surface area contributed by atoms with Crippen LogP contribution in [0.3, 0.4) is 0 Å². The number of carboxylic acid groups (broad SMARTS) is 1. The van der Waals surface area contributed by atoms with Crippen molar-refractivity contribution < 1.29 is 42.9 Å². The van der Waals surface area contributed by atoms with Gasteiger partial charge >= 0.3 is 11.9 Å². The van der Waals surface area contributed by atoms with Gasteiger partial charge in [0.2, 0.25) is 0 Å². The minimum atomic E-state index is -1.61. The van der Waals surface area contributed by atoms with E-state index in [1.54, 1.807) is 0 Å². The summed E-state index contributed by atoms with van der Waals surface area (Å²) in [6.07, 6.45) is 45.2. The largest absolute Gasteiger partial charge is 0.545 e. The summed E-state index contributed by atoms with van der Waals surface area (Å²) >= 11 is 0. The van der Waals surface area contributed by atoms with E-state index in [1.165, 1.54) is 154 Å². The summed E-state index contributed by atoms with van der Waals surface area (Å²) in [4.78, 5) is 36.9. The van der Waals surface area contributed by atoms with Crippen molar-refractivity contribution in [3.05, 3.63) is 24.3 Å². The van der Waals surface area contributed by atoms with Crippen LogP contribution in [0.25, 0.3) is 0 Å². The Morgan fingerprint density at radius 2 is 0.900 bits per heavy atom. The fourth-order valence-electron chi connectivity index (χ4n) is 7.04. The lowest BCUT2D eigenvalue weighted by Crippen LogP contribution is -2.44. The topological polar surface area (TPSA) is 111 Å². The first-order valence-corrected chi connectivity index (χ1v) is 25.0. The average Bonchev–Trinajstić information content (AvgIpc) is 3.21. The lowest BCUT2D eigenvalue weighted by molar-refractivity contribution is -0.870. The van der Waals surface area contributed by atoms with Gasteiger partial charge in [-0.25, -0.2) is 0 Å². The molecule has 0 aliphatic carbocycles. The first-order valence-electron chi connectivity index (χ1n) is 25.0. The van der Waals surface area contributed by atoms with Crippen molar-refractivity contribution in [1.82, 2.24) is 0 Å². The molecule has 0 aromatic carbocycles. The van der Waals surface area contributed by atoms with Crippen LogP contribution in [0.15, 0.2) is 24.3 Å². The summed E-state index contributed by atoms with van der Waals surface area (Å²) in [5.74, 6) is -2.28. The van der Waals surface area contributed by atoms with E-state index < -0.39 is 24.3 Å². The van der Waals surface area contributed by atoms with Gasteiger partial charge in [-0.15, -0.1) is 0 Å². The highest BCUT2D eigenvalue weighted by atomic mass is 16.7. The number of hydrogen-bond donors (Lipinski definition) is 0. The van der Waals surface area contributed by atoms with Crippen molar-refractivity contribution in [2.75, 3.05) is 47.5 Å². The molecule has 0 saturated carbocycles. The number of rotatable bonds is 46. The van der Waals surface area contributed by atoms with Crippen LogP contribution in [0.2, 0.25) is 0 Å². The van der Waals surface area contributed by atoms with Gasteiger partial charge in [-0.1, -0.05) is 192 Å². The van der Waals surface area contributed by atoms with Crippen LogP contribution >= 0.6 is 0 Å². The average molecular weight is 850 g/mol. The summed E-state index contributed by atoms with van der Waals surface area (Å²) in [5.41, 5.74) is 0. The standard InChI is InChI=1S/C51H95NO8/c1-6-8-10-12-14-16-17-18-19-20-21-22-23-24-25-26-27-28-29-30-31-32-33-34-36-38-40-42-49(54)60-47(46-59-51(50(55)56)57-44-43-52(3,4)5)45-58-48(53)41-39-37-35-15-13-11-9-7-2/h17-18,20-21,47,51H,6-16,19,22-46H2,1-5H3/b18-17-,21-20-. The number of carbonyl (C=O) groups excluding carboxylic acids is 3. The molecule has 0 heterocycles. The van der Waals surface area contributed by atoms with Crippen LogP contribution in [0.4, 0.5) is 0 Å². The maximum Gasteiger partial charge on any atom is 0.306 e. The second-order valence-electron chi connectivity index (χ2n) is 18.1. The third-order valence-electron chi connectivity index (χ3n) is 11.0. The highest BCUT2D eigenvalue weighted by Crippen LogP contribution is 2.16. The zero-order valence-electron chi connectivity index (χ0n) is 39.8. The molecule has 0 aromatic heterocycles. The van der Waals surface area contributed by atoms with Crippen molar-refractivity contribution in [3.8, 4) is 0 Å². The summed E-state index contributed by atoms with van der Waals surface area (Å²) in [6, 6.07) is 0. The molecule has 0 aliphatic heterocycles. The maximum absolute atomic E-state index is 12.8. The van der Waals surface area contributed by atoms with Gasteiger partial charge in [-0.3, -0.25) is 9.59 Å². The zero-order valence-corrected chi connectivity index (χ0v) is 39.8. The Hall–Kier alpha value is -2.23. The van der Waals surface area contributed by atoms with Crippen molar-refractivity contribution in [1.29, 1.82) is 0 Å². The number of allylic oxidation sites excluding steroid dienone is 4. The lowest BCUT2D eigenvalue weighted by atomic mass is 10.0. The Bertz CT molecular complexity index is 1040. The van der Waals surface area contributed by atoms with Crippen molar-refractivity contribution >= 4 is 17.9 Å². The molecule has 2 unspecified atom stereocenters. The van der Waals surface area contributed by atoms with E-state index in [0.717, 1.165) is 38.5 Å². The number of carboxylic acids is 1. The van der Waals surface area contributed by atoms with Crippen LogP contribution in [0, 0.1) is 0 Å². The molecular formula is C51H95NO8. The Morgan fingerprint density at radius 1 is 0.500 bits per heavy atom. The van der Waals surface area contributed by atoms with Crippen LogP contribution in [0.1, 0.15) is 226 Å². The number of carbonyl (C=O) groups is 3. The van der Waals surface area contributed by atoms with Crippen molar-refractivity contribution in [3.63, 3.8) is 0 Å². The third-order valence-corrected chi connectivity index (χ3v) is 11.0. The molecule has 0 amide bonds. The first-order chi connectivity index (χ1) is 29.1. The Morgan fingerprint density at radius 3 is 1.32 bits per heavy atom. The summed E-state index contributed by atoms with van der Waals surface area (Å²) in [6.45, 7) is 4.71. The number of aliphatic carboxylic acids is 1. The molecule has 0 aromatic rings. The monoisotopic (exact) mass is 850 g/mol. The minimum absolute atomic E-state index is 0.150. The number of unbranched alkanes of at least 4 members (excludes halogenated alkanes) is 27. The van der Waals surface area contributed by atoms with Gasteiger partial charge in [0.15, 0.2) is 12.4 Å². The van der Waals surface area contributed by atoms with E-state index in [2.05, 4.69) is 38.2 Å². The fraction of sp³-hybridized carbons (Fsp3) is 0.863. The van der Waals surface area contributed by atoms with E-state index >= 15 is 0 Å². The number of nitrogens with zero attached hydrogens (tertiary/aromatic N) is 1.